The molecule has 0 unspecified atom stereocenters. The third kappa shape index (κ3) is 7.51. The zero-order valence-electron chi connectivity index (χ0n) is 12.5. The Labute approximate surface area is 118 Å². The van der Waals surface area contributed by atoms with E-state index in [1.54, 1.807) is 0 Å². The van der Waals surface area contributed by atoms with E-state index in [9.17, 15) is 4.79 Å². The van der Waals surface area contributed by atoms with Crippen molar-refractivity contribution >= 4 is 5.97 Å². The molecule has 18 heavy (non-hydrogen) atoms. The van der Waals surface area contributed by atoms with Gasteiger partial charge in [-0.1, -0.05) is 0 Å². The van der Waals surface area contributed by atoms with E-state index in [-0.39, 0.29) is 5.97 Å². The summed E-state index contributed by atoms with van der Waals surface area (Å²) >= 11 is -1.90. The average molecular weight is 334 g/mol. The van der Waals surface area contributed by atoms with Gasteiger partial charge in [-0.25, -0.2) is 0 Å². The first kappa shape index (κ1) is 18.1. The van der Waals surface area contributed by atoms with Crippen LogP contribution in [0.3, 0.4) is 0 Å². The fourth-order valence-electron chi connectivity index (χ4n) is 3.02. The van der Waals surface area contributed by atoms with Gasteiger partial charge >= 0.3 is 118 Å². The molecular weight excluding hydrogens is 303 g/mol. The molecule has 0 bridgehead atoms. The Morgan fingerprint density at radius 3 is 1.94 bits per heavy atom. The van der Waals surface area contributed by atoms with Crippen molar-refractivity contribution in [1.29, 1.82) is 0 Å². The molecule has 0 fully saturated rings. The van der Waals surface area contributed by atoms with E-state index in [0.29, 0.717) is 6.61 Å². The Balaban J connectivity index is 4.20. The number of ether oxygens (including phenoxy) is 1. The summed E-state index contributed by atoms with van der Waals surface area (Å²) in [4.78, 5) is 11.0. The molecule has 2 nitrogen and oxygen atoms in total. The van der Waals surface area contributed by atoms with E-state index >= 15 is 0 Å². The number of hydrogen-bond donors (Lipinski definition) is 0. The van der Waals surface area contributed by atoms with Gasteiger partial charge in [0.2, 0.25) is 0 Å². The Hall–Kier alpha value is 0.0931. The van der Waals surface area contributed by atoms with Gasteiger partial charge in [0, 0.05) is 0 Å². The second kappa shape index (κ2) is 11.0. The van der Waals surface area contributed by atoms with Crippen LogP contribution in [0.5, 0.6) is 0 Å². The quantitative estimate of drug-likeness (QED) is 0.296. The van der Waals surface area contributed by atoms with E-state index < -0.39 is 20.3 Å². The second-order valence-corrected chi connectivity index (χ2v) is 17.5. The van der Waals surface area contributed by atoms with Crippen molar-refractivity contribution in [3.05, 3.63) is 12.7 Å². The molecule has 0 aliphatic rings. The van der Waals surface area contributed by atoms with Gasteiger partial charge in [-0.15, -0.1) is 0 Å². The molecule has 0 aliphatic carbocycles. The summed E-state index contributed by atoms with van der Waals surface area (Å²) in [6.45, 7) is 10.9. The van der Waals surface area contributed by atoms with Gasteiger partial charge in [0.1, 0.15) is 0 Å². The van der Waals surface area contributed by atoms with E-state index in [0.717, 1.165) is 6.42 Å². The molecule has 0 radical (unpaired) electrons. The van der Waals surface area contributed by atoms with Crippen molar-refractivity contribution in [3.63, 3.8) is 0 Å². The molecule has 106 valence electrons. The van der Waals surface area contributed by atoms with Gasteiger partial charge in [-0.3, -0.25) is 0 Å². The SMILES string of the molecule is C=CC(=O)OCC[CH2][Zr]([CH2]CC)([CH2]CC)[CH2]CC. The molecule has 3 heteroatoms. The topological polar surface area (TPSA) is 26.3 Å². The summed E-state index contributed by atoms with van der Waals surface area (Å²) in [5.41, 5.74) is 0. The van der Waals surface area contributed by atoms with Crippen molar-refractivity contribution in [3.8, 4) is 0 Å². The Morgan fingerprint density at radius 1 is 1.06 bits per heavy atom. The normalized spacial score (nSPS) is 11.3. The zero-order valence-corrected chi connectivity index (χ0v) is 14.9. The minimum atomic E-state index is -1.90. The fourth-order valence-corrected chi connectivity index (χ4v) is 16.7. The van der Waals surface area contributed by atoms with Crippen LogP contribution in [0.25, 0.3) is 0 Å². The van der Waals surface area contributed by atoms with Gasteiger partial charge < -0.3 is 0 Å². The number of hydrogen-bond acceptors (Lipinski definition) is 2. The van der Waals surface area contributed by atoms with Gasteiger partial charge in [-0.2, -0.15) is 0 Å². The average Bonchev–Trinajstić information content (AvgIpc) is 2.35. The Morgan fingerprint density at radius 2 is 1.56 bits per heavy atom. The van der Waals surface area contributed by atoms with E-state index in [4.69, 9.17) is 4.74 Å². The summed E-state index contributed by atoms with van der Waals surface area (Å²) in [5.74, 6) is -0.280. The van der Waals surface area contributed by atoms with Crippen LogP contribution in [0.15, 0.2) is 12.7 Å². The van der Waals surface area contributed by atoms with Crippen LogP contribution in [0, 0.1) is 0 Å². The predicted molar refractivity (Wildman–Crippen MR) is 75.9 cm³/mol. The van der Waals surface area contributed by atoms with Crippen LogP contribution in [0.4, 0.5) is 0 Å². The van der Waals surface area contributed by atoms with Gasteiger partial charge in [0.05, 0.1) is 0 Å². The first-order valence-electron chi connectivity index (χ1n) is 7.43. The van der Waals surface area contributed by atoms with Crippen LogP contribution < -0.4 is 0 Å². The van der Waals surface area contributed by atoms with Gasteiger partial charge in [-0.05, 0) is 0 Å². The monoisotopic (exact) mass is 332 g/mol. The number of carbonyl (C=O) groups excluding carboxylic acids is 1. The molecule has 0 N–H and O–H groups in total. The summed E-state index contributed by atoms with van der Waals surface area (Å²) < 4.78 is 11.0. The number of rotatable bonds is 11. The predicted octanol–water partition coefficient (Wildman–Crippen LogP) is 5.16. The molecule has 0 aromatic heterocycles. The molecule has 0 spiro atoms. The molecule has 0 atom stereocenters. The van der Waals surface area contributed by atoms with Crippen molar-refractivity contribution in [1.82, 2.24) is 0 Å². The van der Waals surface area contributed by atoms with Crippen molar-refractivity contribution in [2.24, 2.45) is 0 Å². The molecule has 0 aromatic rings. The molecule has 0 saturated carbocycles. The van der Waals surface area contributed by atoms with Gasteiger partial charge in [0.15, 0.2) is 0 Å². The summed E-state index contributed by atoms with van der Waals surface area (Å²) in [5, 5.41) is 0. The van der Waals surface area contributed by atoms with Crippen LogP contribution in [-0.4, -0.2) is 12.6 Å². The molecule has 0 saturated heterocycles. The third-order valence-corrected chi connectivity index (χ3v) is 18.6. The summed E-state index contributed by atoms with van der Waals surface area (Å²) in [7, 11) is 0. The molecule has 0 heterocycles. The second-order valence-electron chi connectivity index (χ2n) is 5.23. The number of carbonyl (C=O) groups is 1. The van der Waals surface area contributed by atoms with Gasteiger partial charge in [0.25, 0.3) is 0 Å². The van der Waals surface area contributed by atoms with Crippen LogP contribution in [0.2, 0.25) is 16.5 Å². The Bertz CT molecular complexity index is 222. The molecule has 0 aliphatic heterocycles. The third-order valence-electron chi connectivity index (χ3n) is 3.60. The molecule has 0 amide bonds. The Kier molecular flexibility index (Phi) is 11.0. The van der Waals surface area contributed by atoms with Crippen molar-refractivity contribution in [2.75, 3.05) is 6.61 Å². The van der Waals surface area contributed by atoms with E-state index in [2.05, 4.69) is 27.4 Å². The minimum absolute atomic E-state index is 0.280. The molecular formula is C15H30O2Zr. The van der Waals surface area contributed by atoms with Crippen LogP contribution in [-0.2, 0) is 29.8 Å². The summed E-state index contributed by atoms with van der Waals surface area (Å²) in [6.07, 6.45) is 6.32. The van der Waals surface area contributed by atoms with Crippen LogP contribution >= 0.6 is 0 Å². The molecule has 0 rings (SSSR count). The standard InChI is InChI=1S/C6H9O2.3C3H7.Zr/c1-3-5-8-6(7)4-2;3*1-3-2;/h4H,1-3,5H2;3*1,3H2,2H3;. The van der Waals surface area contributed by atoms with E-state index in [1.807, 2.05) is 0 Å². The van der Waals surface area contributed by atoms with Crippen molar-refractivity contribution in [2.45, 2.75) is 63.0 Å². The summed E-state index contributed by atoms with van der Waals surface area (Å²) in [6, 6.07) is 0. The maximum absolute atomic E-state index is 11.0. The van der Waals surface area contributed by atoms with E-state index in [1.165, 1.54) is 41.9 Å². The fraction of sp³-hybridized carbons (Fsp3) is 0.800. The zero-order chi connectivity index (χ0) is 13.9. The maximum atomic E-state index is 11.0. The number of esters is 1. The van der Waals surface area contributed by atoms with Crippen LogP contribution in [0.1, 0.15) is 46.5 Å². The first-order chi connectivity index (χ1) is 8.64. The van der Waals surface area contributed by atoms with Crippen molar-refractivity contribution < 1.29 is 29.8 Å². The molecule has 0 aromatic carbocycles. The first-order valence-corrected chi connectivity index (χ1v) is 14.4.